The third-order valence-electron chi connectivity index (χ3n) is 6.70. The van der Waals surface area contributed by atoms with Gasteiger partial charge in [0.05, 0.1) is 5.56 Å². The van der Waals surface area contributed by atoms with Gasteiger partial charge < -0.3 is 10.2 Å². The van der Waals surface area contributed by atoms with Gasteiger partial charge in [-0.25, -0.2) is 17.1 Å². The minimum Gasteiger partial charge on any atom is -0.350 e. The highest BCUT2D eigenvalue weighted by atomic mass is 32.2. The fraction of sp³-hybridized carbons (Fsp3) is 0.323. The van der Waals surface area contributed by atoms with Crippen molar-refractivity contribution in [3.63, 3.8) is 0 Å². The summed E-state index contributed by atoms with van der Waals surface area (Å²) in [5.41, 5.74) is 1.04. The molecule has 0 aliphatic carbocycles. The molecule has 1 N–H and O–H groups in total. The van der Waals surface area contributed by atoms with E-state index in [1.54, 1.807) is 24.3 Å². The Kier molecular flexibility index (Phi) is 8.92. The third kappa shape index (κ3) is 7.18. The summed E-state index contributed by atoms with van der Waals surface area (Å²) in [6.45, 7) is 5.41. The van der Waals surface area contributed by atoms with Crippen molar-refractivity contribution in [3.05, 3.63) is 101 Å². The maximum absolute atomic E-state index is 13.8. The summed E-state index contributed by atoms with van der Waals surface area (Å²) in [6.07, 6.45) is 0.200. The summed E-state index contributed by atoms with van der Waals surface area (Å²) in [5.74, 6) is -1.77. The SMILES string of the molecule is CC(C)(C)NC(=O)C(Cc1ccccc1)N(Cc1ccc(F)cc1)C(=O)CCCN1C(=O)c2ccccc2S1(=O)=O. The molecule has 0 aromatic heterocycles. The molecule has 1 aliphatic rings. The van der Waals surface area contributed by atoms with Gasteiger partial charge in [0, 0.05) is 31.5 Å². The van der Waals surface area contributed by atoms with Crippen molar-refractivity contribution in [3.8, 4) is 0 Å². The summed E-state index contributed by atoms with van der Waals surface area (Å²) in [7, 11) is -4.00. The zero-order valence-electron chi connectivity index (χ0n) is 23.3. The van der Waals surface area contributed by atoms with E-state index in [2.05, 4.69) is 5.32 Å². The van der Waals surface area contributed by atoms with Crippen LogP contribution in [0.5, 0.6) is 0 Å². The molecule has 216 valence electrons. The van der Waals surface area contributed by atoms with E-state index >= 15 is 0 Å². The summed E-state index contributed by atoms with van der Waals surface area (Å²) < 4.78 is 40.3. The van der Waals surface area contributed by atoms with E-state index in [1.165, 1.54) is 29.2 Å². The Morgan fingerprint density at radius 2 is 1.56 bits per heavy atom. The normalized spacial score (nSPS) is 14.8. The Labute approximate surface area is 240 Å². The molecule has 0 fully saturated rings. The maximum Gasteiger partial charge on any atom is 0.269 e. The number of halogens is 1. The lowest BCUT2D eigenvalue weighted by molar-refractivity contribution is -0.142. The molecule has 0 spiro atoms. The van der Waals surface area contributed by atoms with Crippen LogP contribution < -0.4 is 5.32 Å². The smallest absolute Gasteiger partial charge is 0.269 e. The van der Waals surface area contributed by atoms with Crippen molar-refractivity contribution in [1.29, 1.82) is 0 Å². The first-order valence-corrected chi connectivity index (χ1v) is 14.9. The van der Waals surface area contributed by atoms with Crippen molar-refractivity contribution < 1.29 is 27.2 Å². The number of nitrogens with zero attached hydrogens (tertiary/aromatic N) is 2. The zero-order valence-corrected chi connectivity index (χ0v) is 24.2. The summed E-state index contributed by atoms with van der Waals surface area (Å²) in [6, 6.07) is 20.1. The standard InChI is InChI=1S/C31H34FN3O5S/c1-31(2,3)33-29(37)26(20-22-10-5-4-6-11-22)34(21-23-15-17-24(32)18-16-23)28(36)14-9-19-35-30(38)25-12-7-8-13-27(25)41(35,39)40/h4-8,10-13,15-18,26H,9,14,19-21H2,1-3H3,(H,33,37). The largest absolute Gasteiger partial charge is 0.350 e. The van der Waals surface area contributed by atoms with Crippen LogP contribution in [-0.4, -0.2) is 53.5 Å². The molecule has 0 saturated carbocycles. The molecule has 0 radical (unpaired) electrons. The predicted octanol–water partition coefficient (Wildman–Crippen LogP) is 4.31. The van der Waals surface area contributed by atoms with Crippen molar-refractivity contribution in [1.82, 2.24) is 14.5 Å². The van der Waals surface area contributed by atoms with Crippen molar-refractivity contribution in [2.24, 2.45) is 0 Å². The van der Waals surface area contributed by atoms with Gasteiger partial charge in [-0.3, -0.25) is 14.4 Å². The van der Waals surface area contributed by atoms with Crippen molar-refractivity contribution in [2.75, 3.05) is 6.54 Å². The molecule has 1 heterocycles. The minimum absolute atomic E-state index is 0.0422. The number of fused-ring (bicyclic) bond motifs is 1. The lowest BCUT2D eigenvalue weighted by Gasteiger charge is -2.34. The third-order valence-corrected chi connectivity index (χ3v) is 8.54. The Balaban J connectivity index is 1.58. The lowest BCUT2D eigenvalue weighted by Crippen LogP contribution is -2.54. The quantitative estimate of drug-likeness (QED) is 0.386. The van der Waals surface area contributed by atoms with Crippen LogP contribution in [0.4, 0.5) is 4.39 Å². The van der Waals surface area contributed by atoms with E-state index in [4.69, 9.17) is 0 Å². The Morgan fingerprint density at radius 3 is 2.20 bits per heavy atom. The van der Waals surface area contributed by atoms with Gasteiger partial charge >= 0.3 is 0 Å². The number of hydrogen-bond donors (Lipinski definition) is 1. The molecule has 3 amide bonds. The first-order valence-electron chi connectivity index (χ1n) is 13.4. The van der Waals surface area contributed by atoms with Crippen molar-refractivity contribution in [2.45, 2.75) is 63.1 Å². The number of carbonyl (C=O) groups excluding carboxylic acids is 3. The van der Waals surface area contributed by atoms with E-state index in [9.17, 15) is 27.2 Å². The summed E-state index contributed by atoms with van der Waals surface area (Å²) in [5, 5.41) is 2.97. The van der Waals surface area contributed by atoms with Gasteiger partial charge in [0.25, 0.3) is 15.9 Å². The van der Waals surface area contributed by atoms with Crippen LogP contribution in [0.15, 0.2) is 83.8 Å². The van der Waals surface area contributed by atoms with E-state index in [1.807, 2.05) is 51.1 Å². The number of carbonyl (C=O) groups is 3. The topological polar surface area (TPSA) is 104 Å². The van der Waals surface area contributed by atoms with Crippen LogP contribution >= 0.6 is 0 Å². The molecular formula is C31H34FN3O5S. The number of hydrogen-bond acceptors (Lipinski definition) is 5. The van der Waals surface area contributed by atoms with Gasteiger partial charge in [0.1, 0.15) is 16.8 Å². The van der Waals surface area contributed by atoms with Gasteiger partial charge in [-0.2, -0.15) is 0 Å². The lowest BCUT2D eigenvalue weighted by atomic mass is 10.00. The van der Waals surface area contributed by atoms with Gasteiger partial charge in [-0.05, 0) is 62.6 Å². The molecule has 1 unspecified atom stereocenters. The highest BCUT2D eigenvalue weighted by Crippen LogP contribution is 2.30. The second-order valence-corrected chi connectivity index (χ2v) is 12.9. The first-order chi connectivity index (χ1) is 19.4. The van der Waals surface area contributed by atoms with E-state index in [-0.39, 0.29) is 54.6 Å². The average Bonchev–Trinajstić information content (AvgIpc) is 3.11. The number of sulfonamides is 1. The maximum atomic E-state index is 13.8. The summed E-state index contributed by atoms with van der Waals surface area (Å²) >= 11 is 0. The molecule has 1 aliphatic heterocycles. The zero-order chi connectivity index (χ0) is 29.8. The van der Waals surface area contributed by atoms with Crippen LogP contribution in [0.2, 0.25) is 0 Å². The Morgan fingerprint density at radius 1 is 0.927 bits per heavy atom. The molecule has 10 heteroatoms. The van der Waals surface area contributed by atoms with Crippen LogP contribution in [0.3, 0.4) is 0 Å². The Hall–Kier alpha value is -4.05. The minimum atomic E-state index is -4.00. The molecule has 1 atom stereocenters. The van der Waals surface area contributed by atoms with Gasteiger partial charge in [-0.15, -0.1) is 0 Å². The highest BCUT2D eigenvalue weighted by molar-refractivity contribution is 7.90. The molecular weight excluding hydrogens is 545 g/mol. The molecule has 3 aromatic rings. The molecule has 0 bridgehead atoms. The molecule has 4 rings (SSSR count). The predicted molar refractivity (Wildman–Crippen MR) is 153 cm³/mol. The Bertz CT molecular complexity index is 1520. The van der Waals surface area contributed by atoms with Crippen LogP contribution in [0, 0.1) is 5.82 Å². The fourth-order valence-corrected chi connectivity index (χ4v) is 6.37. The number of rotatable bonds is 10. The molecule has 3 aromatic carbocycles. The van der Waals surface area contributed by atoms with E-state index in [0.717, 1.165) is 9.87 Å². The van der Waals surface area contributed by atoms with Gasteiger partial charge in [0.15, 0.2) is 0 Å². The molecule has 0 saturated heterocycles. The second kappa shape index (κ2) is 12.2. The van der Waals surface area contributed by atoms with Crippen molar-refractivity contribution >= 4 is 27.7 Å². The molecule has 8 nitrogen and oxygen atoms in total. The second-order valence-electron chi connectivity index (χ2n) is 11.1. The van der Waals surface area contributed by atoms with Gasteiger partial charge in [0.2, 0.25) is 11.8 Å². The number of benzene rings is 3. The fourth-order valence-electron chi connectivity index (χ4n) is 4.76. The van der Waals surface area contributed by atoms with Gasteiger partial charge in [-0.1, -0.05) is 54.6 Å². The highest BCUT2D eigenvalue weighted by Gasteiger charge is 2.40. The van der Waals surface area contributed by atoms with E-state index in [0.29, 0.717) is 5.56 Å². The van der Waals surface area contributed by atoms with Crippen LogP contribution in [-0.2, 0) is 32.6 Å². The van der Waals surface area contributed by atoms with E-state index < -0.39 is 33.3 Å². The molecule has 41 heavy (non-hydrogen) atoms. The number of amides is 3. The average molecular weight is 580 g/mol. The first kappa shape index (κ1) is 29.9. The van der Waals surface area contributed by atoms with Crippen LogP contribution in [0.25, 0.3) is 0 Å². The monoisotopic (exact) mass is 579 g/mol. The van der Waals surface area contributed by atoms with Crippen LogP contribution in [0.1, 0.15) is 55.1 Å². The summed E-state index contributed by atoms with van der Waals surface area (Å²) in [4.78, 5) is 41.6. The number of nitrogens with one attached hydrogen (secondary N) is 1.